The van der Waals surface area contributed by atoms with Gasteiger partial charge in [0.15, 0.2) is 0 Å². The molecule has 0 radical (unpaired) electrons. The lowest BCUT2D eigenvalue weighted by molar-refractivity contribution is 0.483. The second-order valence-electron chi connectivity index (χ2n) is 22.2. The van der Waals surface area contributed by atoms with E-state index in [-0.39, 0.29) is 10.8 Å². The number of rotatable bonds is 10. The molecule has 1 aliphatic rings. The van der Waals surface area contributed by atoms with Gasteiger partial charge in [-0.2, -0.15) is 0 Å². The van der Waals surface area contributed by atoms with E-state index in [1.165, 1.54) is 72.1 Å². The molecule has 0 spiro atoms. The number of benzene rings is 6. The van der Waals surface area contributed by atoms with Gasteiger partial charge in [0.25, 0.3) is 0 Å². The topological polar surface area (TPSA) is 33.5 Å². The second-order valence-corrected chi connectivity index (χ2v) is 22.2. The van der Waals surface area contributed by atoms with Crippen molar-refractivity contribution in [1.82, 2.24) is 9.55 Å². The summed E-state index contributed by atoms with van der Waals surface area (Å²) in [5.41, 5.74) is 19.0. The minimum atomic E-state index is -0.0663. The Morgan fingerprint density at radius 3 is 1.76 bits per heavy atom. The van der Waals surface area contributed by atoms with E-state index in [0.29, 0.717) is 24.4 Å². The molecule has 1 aliphatic heterocycles. The molecule has 0 saturated heterocycles. The molecule has 0 fully saturated rings. The van der Waals surface area contributed by atoms with Gasteiger partial charge in [0.1, 0.15) is 17.3 Å². The van der Waals surface area contributed by atoms with Crippen LogP contribution in [-0.2, 0) is 10.8 Å². The predicted octanol–water partition coefficient (Wildman–Crippen LogP) is 17.6. The number of fused-ring (bicyclic) bond motifs is 3. The molecule has 8 aromatic rings. The Bertz CT molecular complexity index is 3170. The quantitative estimate of drug-likeness (QED) is 0.137. The van der Waals surface area contributed by atoms with E-state index < -0.39 is 0 Å². The van der Waals surface area contributed by atoms with Crippen LogP contribution in [0.4, 0.5) is 11.4 Å². The fourth-order valence-electron chi connectivity index (χ4n) is 10.3. The third-order valence-corrected chi connectivity index (χ3v) is 13.9. The van der Waals surface area contributed by atoms with Crippen LogP contribution in [0.2, 0.25) is 0 Å². The summed E-state index contributed by atoms with van der Waals surface area (Å²) < 4.78 is 9.12. The zero-order valence-electron chi connectivity index (χ0n) is 42.9. The molecule has 0 bridgehead atoms. The van der Waals surface area contributed by atoms with Gasteiger partial charge in [-0.1, -0.05) is 138 Å². The number of hydrogen-bond acceptors (Lipinski definition) is 4. The first-order valence-corrected chi connectivity index (χ1v) is 24.7. The van der Waals surface area contributed by atoms with Crippen LogP contribution in [0.25, 0.3) is 49.9 Å². The number of ether oxygens (including phenoxy) is 1. The van der Waals surface area contributed by atoms with E-state index >= 15 is 0 Å². The first kappa shape index (κ1) is 46.5. The molecule has 348 valence electrons. The van der Waals surface area contributed by atoms with Gasteiger partial charge < -0.3 is 14.5 Å². The maximum absolute atomic E-state index is 6.80. The zero-order chi connectivity index (χ0) is 48.4. The summed E-state index contributed by atoms with van der Waals surface area (Å²) in [4.78, 5) is 9.68. The van der Waals surface area contributed by atoms with Crippen LogP contribution in [0.5, 0.6) is 11.5 Å². The average Bonchev–Trinajstić information content (AvgIpc) is 3.92. The third-order valence-electron chi connectivity index (χ3n) is 13.9. The fraction of sp³-hybridized carbons (Fsp3) is 0.317. The summed E-state index contributed by atoms with van der Waals surface area (Å²) in [6, 6.07) is 44.7. The highest BCUT2D eigenvalue weighted by Crippen LogP contribution is 2.43. The Kier molecular flexibility index (Phi) is 12.2. The number of pyridine rings is 1. The third kappa shape index (κ3) is 8.84. The molecule has 9 rings (SSSR count). The first-order chi connectivity index (χ1) is 32.3. The van der Waals surface area contributed by atoms with Crippen LogP contribution in [0.1, 0.15) is 140 Å². The van der Waals surface area contributed by atoms with Crippen LogP contribution in [0.3, 0.4) is 0 Å². The largest absolute Gasteiger partial charge is 0.457 e. The van der Waals surface area contributed by atoms with Crippen molar-refractivity contribution < 1.29 is 4.74 Å². The number of aromatic nitrogens is 2. The molecule has 2 aromatic heterocycles. The summed E-state index contributed by atoms with van der Waals surface area (Å²) in [5, 5.41) is 2.43. The van der Waals surface area contributed by atoms with E-state index in [4.69, 9.17) is 9.72 Å². The lowest BCUT2D eigenvalue weighted by Gasteiger charge is -2.25. The predicted molar refractivity (Wildman–Crippen MR) is 291 cm³/mol. The molecular formula is C63H70N4O. The standard InChI is InChI=1S/C63H70N4O/c1-39(2)46-33-53(40(3)4)60(54(34-46)41(5)6)44-18-15-19-48(32-44)65-28-29-66(38-65)49-20-16-21-50(36-49)68-51-24-25-52-57(37-51)67(56-23-17-22-55(61(52)56)63(12,13)14)58-35-45(26-27-64-58)59-42(7)30-47(31-43(59)8)62(9,10)11/h15-37,39-41H,38H2,1-14H3. The Balaban J connectivity index is 1.04. The van der Waals surface area contributed by atoms with Crippen molar-refractivity contribution in [3.63, 3.8) is 0 Å². The number of anilines is 2. The van der Waals surface area contributed by atoms with Crippen LogP contribution in [-0.4, -0.2) is 16.2 Å². The maximum atomic E-state index is 6.80. The van der Waals surface area contributed by atoms with E-state index in [0.717, 1.165) is 39.6 Å². The van der Waals surface area contributed by atoms with Crippen molar-refractivity contribution in [2.75, 3.05) is 16.5 Å². The molecule has 68 heavy (non-hydrogen) atoms. The molecule has 3 heterocycles. The Labute approximate surface area is 406 Å². The van der Waals surface area contributed by atoms with E-state index in [1.54, 1.807) is 0 Å². The summed E-state index contributed by atoms with van der Waals surface area (Å²) in [6.45, 7) is 32.8. The van der Waals surface area contributed by atoms with Crippen molar-refractivity contribution >= 4 is 33.2 Å². The summed E-state index contributed by atoms with van der Waals surface area (Å²) in [7, 11) is 0. The number of nitrogens with zero attached hydrogens (tertiary/aromatic N) is 4. The Morgan fingerprint density at radius 2 is 1.15 bits per heavy atom. The molecule has 0 amide bonds. The lowest BCUT2D eigenvalue weighted by Crippen LogP contribution is -2.24. The highest BCUT2D eigenvalue weighted by Gasteiger charge is 2.25. The van der Waals surface area contributed by atoms with Gasteiger partial charge in [0, 0.05) is 52.9 Å². The fourth-order valence-corrected chi connectivity index (χ4v) is 10.3. The molecular weight excluding hydrogens is 829 g/mol. The van der Waals surface area contributed by atoms with E-state index in [2.05, 4.69) is 239 Å². The molecule has 6 aromatic carbocycles. The van der Waals surface area contributed by atoms with Gasteiger partial charge in [0.2, 0.25) is 0 Å². The molecule has 5 nitrogen and oxygen atoms in total. The highest BCUT2D eigenvalue weighted by molar-refractivity contribution is 6.11. The van der Waals surface area contributed by atoms with Gasteiger partial charge in [-0.25, -0.2) is 4.98 Å². The van der Waals surface area contributed by atoms with Gasteiger partial charge in [-0.15, -0.1) is 0 Å². The number of hydrogen-bond donors (Lipinski definition) is 0. The van der Waals surface area contributed by atoms with Crippen LogP contribution in [0, 0.1) is 13.8 Å². The van der Waals surface area contributed by atoms with Crippen molar-refractivity contribution in [3.8, 4) is 39.6 Å². The van der Waals surface area contributed by atoms with Gasteiger partial charge >= 0.3 is 0 Å². The monoisotopic (exact) mass is 899 g/mol. The van der Waals surface area contributed by atoms with Gasteiger partial charge in [-0.3, -0.25) is 4.57 Å². The van der Waals surface area contributed by atoms with Gasteiger partial charge in [-0.05, 0) is 158 Å². The zero-order valence-corrected chi connectivity index (χ0v) is 42.9. The Hall–Kier alpha value is -6.59. The van der Waals surface area contributed by atoms with Crippen molar-refractivity contribution in [2.24, 2.45) is 0 Å². The van der Waals surface area contributed by atoms with Crippen LogP contribution in [0.15, 0.2) is 140 Å². The Morgan fingerprint density at radius 1 is 0.544 bits per heavy atom. The lowest BCUT2D eigenvalue weighted by atomic mass is 9.81. The molecule has 0 aliphatic carbocycles. The van der Waals surface area contributed by atoms with Gasteiger partial charge in [0.05, 0.1) is 17.7 Å². The van der Waals surface area contributed by atoms with Crippen molar-refractivity contribution in [3.05, 3.63) is 179 Å². The van der Waals surface area contributed by atoms with E-state index in [9.17, 15) is 0 Å². The van der Waals surface area contributed by atoms with Crippen molar-refractivity contribution in [1.29, 1.82) is 0 Å². The van der Waals surface area contributed by atoms with Crippen LogP contribution < -0.4 is 14.5 Å². The molecule has 0 saturated carbocycles. The van der Waals surface area contributed by atoms with Crippen molar-refractivity contribution in [2.45, 2.75) is 126 Å². The summed E-state index contributed by atoms with van der Waals surface area (Å²) in [5.74, 6) is 3.75. The normalized spacial score (nSPS) is 13.4. The summed E-state index contributed by atoms with van der Waals surface area (Å²) >= 11 is 0. The van der Waals surface area contributed by atoms with Crippen LogP contribution >= 0.6 is 0 Å². The molecule has 0 unspecified atom stereocenters. The highest BCUT2D eigenvalue weighted by atomic mass is 16.5. The minimum absolute atomic E-state index is 0.0663. The smallest absolute Gasteiger partial charge is 0.138 e. The molecule has 0 N–H and O–H groups in total. The average molecular weight is 899 g/mol. The maximum Gasteiger partial charge on any atom is 0.138 e. The first-order valence-electron chi connectivity index (χ1n) is 24.7. The minimum Gasteiger partial charge on any atom is -0.457 e. The number of aryl methyl sites for hydroxylation is 2. The second kappa shape index (κ2) is 17.8. The molecule has 5 heteroatoms. The summed E-state index contributed by atoms with van der Waals surface area (Å²) in [6.07, 6.45) is 6.31. The molecule has 0 atom stereocenters. The SMILES string of the molecule is Cc1cc(C(C)(C)C)cc(C)c1-c1ccnc(-n2c3cc(Oc4cccc(N5C=CN(c6cccc(-c7c(C(C)C)cc(C(C)C)cc7C(C)C)c6)C5)c4)ccc3c3c(C(C)(C)C)cccc32)c1. The van der Waals surface area contributed by atoms with E-state index in [1.807, 2.05) is 12.3 Å².